The van der Waals surface area contributed by atoms with Crippen molar-refractivity contribution in [3.05, 3.63) is 58.6 Å². The van der Waals surface area contributed by atoms with Crippen LogP contribution in [0.15, 0.2) is 42.5 Å². The number of nitrogens with zero attached hydrogens (tertiary/aromatic N) is 2. The van der Waals surface area contributed by atoms with E-state index >= 15 is 0 Å². The highest BCUT2D eigenvalue weighted by Gasteiger charge is 2.27. The predicted octanol–water partition coefficient (Wildman–Crippen LogP) is 3.19. The lowest BCUT2D eigenvalue weighted by atomic mass is 9.99. The molecule has 6 nitrogen and oxygen atoms in total. The smallest absolute Gasteiger partial charge is 0.239 e. The second-order valence-corrected chi connectivity index (χ2v) is 7.70. The monoisotopic (exact) mass is 415 g/mol. The van der Waals surface area contributed by atoms with Crippen molar-refractivity contribution in [1.82, 2.24) is 9.80 Å². The summed E-state index contributed by atoms with van der Waals surface area (Å²) in [5, 5.41) is 3.31. The van der Waals surface area contributed by atoms with E-state index in [2.05, 4.69) is 17.4 Å². The Kier molecular flexibility index (Phi) is 6.77. The van der Waals surface area contributed by atoms with Crippen LogP contribution in [0.3, 0.4) is 0 Å². The van der Waals surface area contributed by atoms with Crippen molar-refractivity contribution in [3.63, 3.8) is 0 Å². The Morgan fingerprint density at radius 2 is 1.97 bits per heavy atom. The van der Waals surface area contributed by atoms with Crippen LogP contribution in [0.25, 0.3) is 0 Å². The van der Waals surface area contributed by atoms with Crippen molar-refractivity contribution >= 4 is 29.1 Å². The molecule has 1 N–H and O–H groups in total. The van der Waals surface area contributed by atoms with E-state index in [9.17, 15) is 9.59 Å². The Bertz CT molecular complexity index is 903. The largest absolute Gasteiger partial charge is 0.495 e. The quantitative estimate of drug-likeness (QED) is 0.787. The lowest BCUT2D eigenvalue weighted by Gasteiger charge is -2.33. The van der Waals surface area contributed by atoms with Crippen molar-refractivity contribution in [3.8, 4) is 5.75 Å². The molecule has 0 bridgehead atoms. The molecule has 0 radical (unpaired) electrons. The number of hydrogen-bond donors (Lipinski definition) is 1. The lowest BCUT2D eigenvalue weighted by molar-refractivity contribution is -0.137. The van der Waals surface area contributed by atoms with Gasteiger partial charge >= 0.3 is 0 Å². The summed E-state index contributed by atoms with van der Waals surface area (Å²) in [4.78, 5) is 29.1. The van der Waals surface area contributed by atoms with Crippen LogP contribution in [0.1, 0.15) is 18.1 Å². The summed E-state index contributed by atoms with van der Waals surface area (Å²) in [6.07, 6.45) is 0.855. The third-order valence-electron chi connectivity index (χ3n) is 5.29. The molecule has 0 aromatic heterocycles. The first kappa shape index (κ1) is 21.1. The number of benzene rings is 2. The van der Waals surface area contributed by atoms with Crippen LogP contribution >= 0.6 is 11.6 Å². The molecule has 1 heterocycles. The average molecular weight is 416 g/mol. The van der Waals surface area contributed by atoms with Gasteiger partial charge in [0.15, 0.2) is 0 Å². The van der Waals surface area contributed by atoms with Gasteiger partial charge in [0.05, 0.1) is 25.4 Å². The predicted molar refractivity (Wildman–Crippen MR) is 114 cm³/mol. The second kappa shape index (κ2) is 9.29. The first-order chi connectivity index (χ1) is 13.9. The van der Waals surface area contributed by atoms with Crippen molar-refractivity contribution in [2.24, 2.45) is 0 Å². The fraction of sp³-hybridized carbons (Fsp3) is 0.364. The normalized spacial score (nSPS) is 14.3. The van der Waals surface area contributed by atoms with E-state index in [0.717, 1.165) is 6.42 Å². The number of fused-ring (bicyclic) bond motifs is 1. The summed E-state index contributed by atoms with van der Waals surface area (Å²) in [6.45, 7) is 3.21. The van der Waals surface area contributed by atoms with Gasteiger partial charge in [0.1, 0.15) is 5.75 Å². The number of hydrogen-bond acceptors (Lipinski definition) is 4. The molecule has 2 aromatic carbocycles. The number of ether oxygens (including phenoxy) is 1. The summed E-state index contributed by atoms with van der Waals surface area (Å²) >= 11 is 6.01. The molecule has 2 amide bonds. The van der Waals surface area contributed by atoms with E-state index in [-0.39, 0.29) is 18.4 Å². The Hall–Kier alpha value is -2.57. The molecular weight excluding hydrogens is 390 g/mol. The van der Waals surface area contributed by atoms with E-state index < -0.39 is 6.04 Å². The van der Waals surface area contributed by atoms with E-state index in [1.54, 1.807) is 30.1 Å². The fourth-order valence-electron chi connectivity index (χ4n) is 3.47. The molecule has 0 aliphatic carbocycles. The van der Waals surface area contributed by atoms with Gasteiger partial charge in [-0.25, -0.2) is 0 Å². The molecular formula is C22H26ClN3O3. The van der Waals surface area contributed by atoms with Gasteiger partial charge in [0.2, 0.25) is 11.8 Å². The molecule has 2 aromatic rings. The minimum absolute atomic E-state index is 0.0233. The number of amides is 2. The number of nitrogens with one attached hydrogen (secondary N) is 1. The summed E-state index contributed by atoms with van der Waals surface area (Å²) in [5.41, 5.74) is 2.99. The third kappa shape index (κ3) is 5.08. The molecule has 0 saturated carbocycles. The summed E-state index contributed by atoms with van der Waals surface area (Å²) in [7, 11) is 3.30. The van der Waals surface area contributed by atoms with Crippen LogP contribution in [-0.4, -0.2) is 54.9 Å². The van der Waals surface area contributed by atoms with Gasteiger partial charge in [-0.1, -0.05) is 35.9 Å². The highest BCUT2D eigenvalue weighted by molar-refractivity contribution is 6.31. The molecule has 1 aliphatic rings. The molecule has 0 fully saturated rings. The van der Waals surface area contributed by atoms with Crippen LogP contribution in [0.5, 0.6) is 5.75 Å². The molecule has 0 spiro atoms. The van der Waals surface area contributed by atoms with E-state index in [1.165, 1.54) is 18.2 Å². The zero-order valence-corrected chi connectivity index (χ0v) is 17.7. The maximum absolute atomic E-state index is 12.9. The molecule has 0 unspecified atom stereocenters. The summed E-state index contributed by atoms with van der Waals surface area (Å²) in [5.74, 6) is 0.313. The Balaban J connectivity index is 1.59. The lowest BCUT2D eigenvalue weighted by Crippen LogP contribution is -2.49. The van der Waals surface area contributed by atoms with Gasteiger partial charge in [-0.05, 0) is 49.7 Å². The molecule has 0 saturated heterocycles. The van der Waals surface area contributed by atoms with E-state index in [4.69, 9.17) is 16.3 Å². The van der Waals surface area contributed by atoms with Crippen LogP contribution in [0, 0.1) is 0 Å². The van der Waals surface area contributed by atoms with Crippen LogP contribution in [0.4, 0.5) is 5.69 Å². The Morgan fingerprint density at radius 1 is 1.24 bits per heavy atom. The average Bonchev–Trinajstić information content (AvgIpc) is 2.72. The van der Waals surface area contributed by atoms with Crippen molar-refractivity contribution in [1.29, 1.82) is 0 Å². The van der Waals surface area contributed by atoms with Gasteiger partial charge < -0.3 is 15.0 Å². The van der Waals surface area contributed by atoms with Crippen molar-refractivity contribution in [2.75, 3.05) is 32.6 Å². The third-order valence-corrected chi connectivity index (χ3v) is 5.52. The number of methoxy groups -OCH3 is 1. The summed E-state index contributed by atoms with van der Waals surface area (Å²) in [6, 6.07) is 12.8. The maximum Gasteiger partial charge on any atom is 0.239 e. The fourth-order valence-corrected chi connectivity index (χ4v) is 3.64. The zero-order valence-electron chi connectivity index (χ0n) is 16.9. The first-order valence-corrected chi connectivity index (χ1v) is 9.96. The molecule has 1 aliphatic heterocycles. The zero-order chi connectivity index (χ0) is 21.0. The number of rotatable bonds is 6. The number of carbonyl (C=O) groups excluding carboxylic acids is 2. The number of likely N-dealkylation sites (N-methyl/N-ethyl adjacent to an activating group) is 1. The molecule has 154 valence electrons. The Morgan fingerprint density at radius 3 is 2.69 bits per heavy atom. The highest BCUT2D eigenvalue weighted by atomic mass is 35.5. The standard InChI is InChI=1S/C22H26ClN3O3/c1-15(22(28)26-11-10-16-6-4-5-7-17(16)13-26)25(2)14-21(27)24-19-12-18(23)8-9-20(19)29-3/h4-9,12,15H,10-11,13-14H2,1-3H3,(H,24,27)/t15-/m1/s1. The van der Waals surface area contributed by atoms with E-state index in [0.29, 0.717) is 29.5 Å². The van der Waals surface area contributed by atoms with Gasteiger partial charge in [-0.3, -0.25) is 14.5 Å². The number of anilines is 1. The highest BCUT2D eigenvalue weighted by Crippen LogP contribution is 2.27. The van der Waals surface area contributed by atoms with Crippen molar-refractivity contribution in [2.45, 2.75) is 25.9 Å². The van der Waals surface area contributed by atoms with Crippen LogP contribution < -0.4 is 10.1 Å². The topological polar surface area (TPSA) is 61.9 Å². The number of halogens is 1. The first-order valence-electron chi connectivity index (χ1n) is 9.58. The van der Waals surface area contributed by atoms with Crippen LogP contribution in [0.2, 0.25) is 5.02 Å². The molecule has 7 heteroatoms. The molecule has 29 heavy (non-hydrogen) atoms. The molecule has 1 atom stereocenters. The minimum Gasteiger partial charge on any atom is -0.495 e. The maximum atomic E-state index is 12.9. The second-order valence-electron chi connectivity index (χ2n) is 7.26. The number of carbonyl (C=O) groups is 2. The summed E-state index contributed by atoms with van der Waals surface area (Å²) < 4.78 is 5.25. The van der Waals surface area contributed by atoms with Gasteiger partial charge in [0.25, 0.3) is 0 Å². The van der Waals surface area contributed by atoms with Crippen LogP contribution in [-0.2, 0) is 22.6 Å². The Labute approximate surface area is 176 Å². The van der Waals surface area contributed by atoms with Crippen molar-refractivity contribution < 1.29 is 14.3 Å². The van der Waals surface area contributed by atoms with Gasteiger partial charge in [-0.2, -0.15) is 0 Å². The van der Waals surface area contributed by atoms with Gasteiger partial charge in [-0.15, -0.1) is 0 Å². The SMILES string of the molecule is COc1ccc(Cl)cc1NC(=O)CN(C)[C@H](C)C(=O)N1CCc2ccccc2C1. The minimum atomic E-state index is -0.410. The van der Waals surface area contributed by atoms with E-state index in [1.807, 2.05) is 24.0 Å². The van der Waals surface area contributed by atoms with Gasteiger partial charge in [0, 0.05) is 18.1 Å². The molecule has 3 rings (SSSR count).